The van der Waals surface area contributed by atoms with Crippen molar-refractivity contribution in [2.75, 3.05) is 51.7 Å². The Morgan fingerprint density at radius 1 is 0.900 bits per heavy atom. The summed E-state index contributed by atoms with van der Waals surface area (Å²) in [6.45, 7) is 7.82. The van der Waals surface area contributed by atoms with E-state index >= 15 is 0 Å². The van der Waals surface area contributed by atoms with Crippen LogP contribution in [0.1, 0.15) is 26.2 Å². The summed E-state index contributed by atoms with van der Waals surface area (Å²) >= 11 is 0. The second-order valence-corrected chi connectivity index (χ2v) is 5.58. The molecule has 0 aliphatic heterocycles. The molecule has 20 heavy (non-hydrogen) atoms. The number of anilines is 1. The Labute approximate surface area is 125 Å². The van der Waals surface area contributed by atoms with Gasteiger partial charge in [0.2, 0.25) is 0 Å². The van der Waals surface area contributed by atoms with Crippen molar-refractivity contribution in [1.29, 1.82) is 0 Å². The summed E-state index contributed by atoms with van der Waals surface area (Å²) in [5, 5.41) is 3.55. The lowest BCUT2D eigenvalue weighted by Crippen LogP contribution is -2.33. The van der Waals surface area contributed by atoms with E-state index in [2.05, 4.69) is 66.5 Å². The summed E-state index contributed by atoms with van der Waals surface area (Å²) < 4.78 is 0. The first kappa shape index (κ1) is 17.0. The van der Waals surface area contributed by atoms with Crippen molar-refractivity contribution in [2.24, 2.45) is 0 Å². The van der Waals surface area contributed by atoms with Crippen molar-refractivity contribution in [3.63, 3.8) is 0 Å². The summed E-state index contributed by atoms with van der Waals surface area (Å²) in [6, 6.07) is 10.8. The fourth-order valence-corrected chi connectivity index (χ4v) is 2.22. The van der Waals surface area contributed by atoms with Crippen LogP contribution in [0.4, 0.5) is 5.69 Å². The molecule has 114 valence electrons. The second-order valence-electron chi connectivity index (χ2n) is 5.58. The van der Waals surface area contributed by atoms with Gasteiger partial charge in [0.25, 0.3) is 0 Å². The smallest absolute Gasteiger partial charge is 0.0366 e. The average molecular weight is 277 g/mol. The van der Waals surface area contributed by atoms with Gasteiger partial charge in [-0.1, -0.05) is 31.5 Å². The van der Waals surface area contributed by atoms with E-state index in [0.29, 0.717) is 0 Å². The Morgan fingerprint density at radius 2 is 1.65 bits per heavy atom. The van der Waals surface area contributed by atoms with Crippen LogP contribution < -0.4 is 10.2 Å². The highest BCUT2D eigenvalue weighted by molar-refractivity contribution is 5.45. The van der Waals surface area contributed by atoms with Crippen molar-refractivity contribution in [1.82, 2.24) is 10.2 Å². The fraction of sp³-hybridized carbons (Fsp3) is 0.647. The van der Waals surface area contributed by atoms with Gasteiger partial charge < -0.3 is 15.1 Å². The number of unbranched alkanes of at least 4 members (excludes halogenated alkanes) is 1. The number of para-hydroxylation sites is 1. The molecule has 0 atom stereocenters. The van der Waals surface area contributed by atoms with Gasteiger partial charge in [-0.05, 0) is 52.2 Å². The third kappa shape index (κ3) is 7.51. The van der Waals surface area contributed by atoms with Crippen molar-refractivity contribution >= 4 is 5.69 Å². The third-order valence-electron chi connectivity index (χ3n) is 3.42. The molecule has 1 aromatic carbocycles. The molecule has 0 bridgehead atoms. The summed E-state index contributed by atoms with van der Waals surface area (Å²) in [5.74, 6) is 0. The minimum absolute atomic E-state index is 1.06. The van der Waals surface area contributed by atoms with Crippen LogP contribution in [0.5, 0.6) is 0 Å². The van der Waals surface area contributed by atoms with Gasteiger partial charge in [-0.2, -0.15) is 0 Å². The monoisotopic (exact) mass is 277 g/mol. The van der Waals surface area contributed by atoms with Crippen molar-refractivity contribution in [2.45, 2.75) is 26.2 Å². The molecule has 0 heterocycles. The van der Waals surface area contributed by atoms with Gasteiger partial charge >= 0.3 is 0 Å². The number of nitrogens with one attached hydrogen (secondary N) is 1. The average Bonchev–Trinajstić information content (AvgIpc) is 2.46. The molecule has 0 saturated heterocycles. The van der Waals surface area contributed by atoms with Crippen molar-refractivity contribution in [3.8, 4) is 0 Å². The first-order valence-electron chi connectivity index (χ1n) is 7.89. The zero-order valence-corrected chi connectivity index (χ0v) is 13.4. The number of rotatable bonds is 11. The molecular weight excluding hydrogens is 246 g/mol. The Hall–Kier alpha value is -1.06. The fourth-order valence-electron chi connectivity index (χ4n) is 2.22. The van der Waals surface area contributed by atoms with E-state index in [1.54, 1.807) is 0 Å². The van der Waals surface area contributed by atoms with Crippen LogP contribution in [-0.4, -0.2) is 51.7 Å². The molecule has 0 aliphatic rings. The SMILES string of the molecule is CCCCN(CCNCCCN(C)C)c1ccccc1. The van der Waals surface area contributed by atoms with Crippen molar-refractivity contribution < 1.29 is 0 Å². The van der Waals surface area contributed by atoms with Crippen molar-refractivity contribution in [3.05, 3.63) is 30.3 Å². The molecule has 0 aromatic heterocycles. The Balaban J connectivity index is 2.27. The summed E-state index contributed by atoms with van der Waals surface area (Å²) in [4.78, 5) is 4.72. The molecule has 0 saturated carbocycles. The molecule has 0 fully saturated rings. The summed E-state index contributed by atoms with van der Waals surface area (Å²) in [6.07, 6.45) is 3.72. The Kier molecular flexibility index (Phi) is 9.09. The van der Waals surface area contributed by atoms with Gasteiger partial charge in [0.05, 0.1) is 0 Å². The maximum atomic E-state index is 3.55. The molecular formula is C17H31N3. The quantitative estimate of drug-likeness (QED) is 0.628. The standard InChI is InChI=1S/C17H31N3/c1-4-5-15-20(17-10-7-6-8-11-17)16-13-18-12-9-14-19(2)3/h6-8,10-11,18H,4-5,9,12-16H2,1-3H3. The van der Waals surface area contributed by atoms with Crippen LogP contribution in [0.3, 0.4) is 0 Å². The topological polar surface area (TPSA) is 18.5 Å². The molecule has 0 radical (unpaired) electrons. The molecule has 0 spiro atoms. The van der Waals surface area contributed by atoms with Crippen LogP contribution >= 0.6 is 0 Å². The van der Waals surface area contributed by atoms with E-state index < -0.39 is 0 Å². The Morgan fingerprint density at radius 3 is 2.30 bits per heavy atom. The lowest BCUT2D eigenvalue weighted by molar-refractivity contribution is 0.395. The molecule has 0 amide bonds. The highest BCUT2D eigenvalue weighted by Crippen LogP contribution is 2.13. The molecule has 1 rings (SSSR count). The summed E-state index contributed by atoms with van der Waals surface area (Å²) in [7, 11) is 4.25. The largest absolute Gasteiger partial charge is 0.370 e. The zero-order chi connectivity index (χ0) is 14.6. The van der Waals surface area contributed by atoms with Crippen LogP contribution in [0.15, 0.2) is 30.3 Å². The predicted molar refractivity (Wildman–Crippen MR) is 89.6 cm³/mol. The van der Waals surface area contributed by atoms with Crippen LogP contribution in [0.25, 0.3) is 0 Å². The molecule has 3 nitrogen and oxygen atoms in total. The highest BCUT2D eigenvalue weighted by atomic mass is 15.1. The van der Waals surface area contributed by atoms with Gasteiger partial charge in [0.1, 0.15) is 0 Å². The van der Waals surface area contributed by atoms with Crippen LogP contribution in [-0.2, 0) is 0 Å². The van der Waals surface area contributed by atoms with Gasteiger partial charge in [-0.25, -0.2) is 0 Å². The number of benzene rings is 1. The van der Waals surface area contributed by atoms with E-state index in [1.807, 2.05) is 0 Å². The maximum Gasteiger partial charge on any atom is 0.0366 e. The lowest BCUT2D eigenvalue weighted by atomic mass is 10.2. The second kappa shape index (κ2) is 10.7. The first-order chi connectivity index (χ1) is 9.74. The van der Waals surface area contributed by atoms with Gasteiger partial charge in [0.15, 0.2) is 0 Å². The number of hydrogen-bond acceptors (Lipinski definition) is 3. The molecule has 3 heteroatoms. The minimum atomic E-state index is 1.06. The van der Waals surface area contributed by atoms with Crippen LogP contribution in [0, 0.1) is 0 Å². The molecule has 1 aromatic rings. The maximum absolute atomic E-state index is 3.55. The van der Waals surface area contributed by atoms with E-state index in [0.717, 1.165) is 32.7 Å². The molecule has 0 unspecified atom stereocenters. The van der Waals surface area contributed by atoms with E-state index in [-0.39, 0.29) is 0 Å². The lowest BCUT2D eigenvalue weighted by Gasteiger charge is -2.25. The van der Waals surface area contributed by atoms with E-state index in [9.17, 15) is 0 Å². The third-order valence-corrected chi connectivity index (χ3v) is 3.42. The van der Waals surface area contributed by atoms with E-state index in [4.69, 9.17) is 0 Å². The van der Waals surface area contributed by atoms with Gasteiger partial charge in [-0.15, -0.1) is 0 Å². The van der Waals surface area contributed by atoms with E-state index in [1.165, 1.54) is 24.9 Å². The predicted octanol–water partition coefficient (Wildman–Crippen LogP) is 2.83. The first-order valence-corrected chi connectivity index (χ1v) is 7.89. The summed E-state index contributed by atoms with van der Waals surface area (Å²) in [5.41, 5.74) is 1.34. The highest BCUT2D eigenvalue weighted by Gasteiger charge is 2.04. The van der Waals surface area contributed by atoms with Gasteiger partial charge in [-0.3, -0.25) is 0 Å². The molecule has 0 aliphatic carbocycles. The Bertz CT molecular complexity index is 324. The minimum Gasteiger partial charge on any atom is -0.370 e. The van der Waals surface area contributed by atoms with Crippen LogP contribution in [0.2, 0.25) is 0 Å². The molecule has 1 N–H and O–H groups in total. The normalized spacial score (nSPS) is 11.0. The number of nitrogens with zero attached hydrogens (tertiary/aromatic N) is 2. The number of hydrogen-bond donors (Lipinski definition) is 1. The zero-order valence-electron chi connectivity index (χ0n) is 13.4. The van der Waals surface area contributed by atoms with Gasteiger partial charge in [0, 0.05) is 25.3 Å².